The standard InChI is InChI=1S/C7H7F5O5/c8-4-6(10,17-7(11,12)16-4)15-3-1-2-14-5(9)13/h4H,1-3H2. The van der Waals surface area contributed by atoms with Gasteiger partial charge in [0.2, 0.25) is 0 Å². The van der Waals surface area contributed by atoms with Crippen molar-refractivity contribution < 1.29 is 45.7 Å². The fraction of sp³-hybridized carbons (Fsp3) is 0.857. The third kappa shape index (κ3) is 4.06. The Bertz CT molecular complexity index is 288. The Morgan fingerprint density at radius 1 is 1.29 bits per heavy atom. The maximum absolute atomic E-state index is 13.2. The lowest BCUT2D eigenvalue weighted by atomic mass is 10.5. The third-order valence-corrected chi connectivity index (χ3v) is 1.57. The van der Waals surface area contributed by atoms with Crippen molar-refractivity contribution in [3.8, 4) is 0 Å². The second-order valence-corrected chi connectivity index (χ2v) is 2.87. The predicted octanol–water partition coefficient (Wildman–Crippen LogP) is 2.02. The van der Waals surface area contributed by atoms with Gasteiger partial charge in [-0.2, -0.15) is 4.39 Å². The highest BCUT2D eigenvalue weighted by Gasteiger charge is 2.63. The number of alkyl halides is 4. The molecule has 1 rings (SSSR count). The molecule has 0 aromatic heterocycles. The van der Waals surface area contributed by atoms with Crippen LogP contribution in [0.25, 0.3) is 0 Å². The molecule has 2 unspecified atom stereocenters. The van der Waals surface area contributed by atoms with Crippen molar-refractivity contribution in [3.63, 3.8) is 0 Å². The van der Waals surface area contributed by atoms with Crippen LogP contribution in [0.15, 0.2) is 0 Å². The fourth-order valence-corrected chi connectivity index (χ4v) is 0.941. The van der Waals surface area contributed by atoms with Crippen LogP contribution in [0.2, 0.25) is 0 Å². The van der Waals surface area contributed by atoms with E-state index in [0.29, 0.717) is 0 Å². The van der Waals surface area contributed by atoms with Crippen LogP contribution in [0.3, 0.4) is 0 Å². The molecule has 1 saturated heterocycles. The second kappa shape index (κ2) is 5.10. The largest absolute Gasteiger partial charge is 0.495 e. The predicted molar refractivity (Wildman–Crippen MR) is 38.9 cm³/mol. The van der Waals surface area contributed by atoms with E-state index in [4.69, 9.17) is 0 Å². The average Bonchev–Trinajstić information content (AvgIpc) is 2.34. The summed E-state index contributed by atoms with van der Waals surface area (Å²) in [6, 6.07) is -3.75. The van der Waals surface area contributed by atoms with Crippen LogP contribution in [-0.2, 0) is 18.9 Å². The minimum Gasteiger partial charge on any atom is -0.440 e. The molecular formula is C7H7F5O5. The van der Waals surface area contributed by atoms with Crippen molar-refractivity contribution in [2.45, 2.75) is 25.1 Å². The van der Waals surface area contributed by atoms with E-state index >= 15 is 0 Å². The Hall–Kier alpha value is -1.00. The highest BCUT2D eigenvalue weighted by Crippen LogP contribution is 2.41. The zero-order valence-electron chi connectivity index (χ0n) is 8.13. The normalized spacial score (nSPS) is 31.5. The topological polar surface area (TPSA) is 54.0 Å². The van der Waals surface area contributed by atoms with Crippen LogP contribution >= 0.6 is 0 Å². The number of hydrogen-bond donors (Lipinski definition) is 0. The number of carbonyl (C=O) groups excluding carboxylic acids is 1. The molecule has 0 aromatic carbocycles. The summed E-state index contributed by atoms with van der Waals surface area (Å²) in [5, 5.41) is 0. The van der Waals surface area contributed by atoms with E-state index in [0.717, 1.165) is 0 Å². The van der Waals surface area contributed by atoms with E-state index in [1.165, 1.54) is 0 Å². The SMILES string of the molecule is O=C(F)OCCCOC1(F)OC(F)(F)OC1F. The molecule has 0 radical (unpaired) electrons. The van der Waals surface area contributed by atoms with Crippen LogP contribution in [0.5, 0.6) is 0 Å². The Morgan fingerprint density at radius 2 is 1.94 bits per heavy atom. The van der Waals surface area contributed by atoms with Crippen LogP contribution in [0, 0.1) is 0 Å². The minimum atomic E-state index is -4.43. The monoisotopic (exact) mass is 266 g/mol. The molecular weight excluding hydrogens is 259 g/mol. The summed E-state index contributed by atoms with van der Waals surface area (Å²) in [5.74, 6) is 0. The molecule has 1 fully saturated rings. The molecule has 17 heavy (non-hydrogen) atoms. The molecule has 10 heteroatoms. The maximum atomic E-state index is 13.2. The Kier molecular flexibility index (Phi) is 4.22. The first-order chi connectivity index (χ1) is 7.75. The zero-order chi connectivity index (χ0) is 13.1. The molecule has 1 aliphatic heterocycles. The van der Waals surface area contributed by atoms with Crippen LogP contribution in [-0.4, -0.2) is 38.1 Å². The van der Waals surface area contributed by atoms with E-state index in [2.05, 4.69) is 18.9 Å². The van der Waals surface area contributed by atoms with Crippen molar-refractivity contribution in [2.75, 3.05) is 13.2 Å². The molecule has 2 atom stereocenters. The van der Waals surface area contributed by atoms with Crippen LogP contribution in [0.4, 0.5) is 26.7 Å². The fourth-order valence-electron chi connectivity index (χ4n) is 0.941. The first-order valence-corrected chi connectivity index (χ1v) is 4.30. The van der Waals surface area contributed by atoms with E-state index in [9.17, 15) is 26.7 Å². The van der Waals surface area contributed by atoms with Crippen molar-refractivity contribution >= 4 is 6.22 Å². The molecule has 0 aliphatic carbocycles. The van der Waals surface area contributed by atoms with Crippen molar-refractivity contribution in [2.24, 2.45) is 0 Å². The van der Waals surface area contributed by atoms with E-state index in [1.54, 1.807) is 0 Å². The Balaban J connectivity index is 2.28. The molecule has 0 spiro atoms. The summed E-state index contributed by atoms with van der Waals surface area (Å²) in [5.41, 5.74) is 0. The highest BCUT2D eigenvalue weighted by atomic mass is 19.3. The molecule has 1 heterocycles. The molecule has 0 bridgehead atoms. The zero-order valence-corrected chi connectivity index (χ0v) is 8.13. The summed E-state index contributed by atoms with van der Waals surface area (Å²) < 4.78 is 76.1. The van der Waals surface area contributed by atoms with Gasteiger partial charge in [0.05, 0.1) is 13.2 Å². The van der Waals surface area contributed by atoms with Crippen molar-refractivity contribution in [1.29, 1.82) is 0 Å². The lowest BCUT2D eigenvalue weighted by Crippen LogP contribution is -2.36. The summed E-state index contributed by atoms with van der Waals surface area (Å²) in [7, 11) is 0. The van der Waals surface area contributed by atoms with Gasteiger partial charge in [0.1, 0.15) is 0 Å². The molecule has 5 nitrogen and oxygen atoms in total. The highest BCUT2D eigenvalue weighted by molar-refractivity contribution is 5.57. The molecule has 0 amide bonds. The first kappa shape index (κ1) is 14.1. The number of carbonyl (C=O) groups is 1. The summed E-state index contributed by atoms with van der Waals surface area (Å²) >= 11 is 0. The van der Waals surface area contributed by atoms with E-state index in [-0.39, 0.29) is 6.42 Å². The van der Waals surface area contributed by atoms with Gasteiger partial charge in [0.25, 0.3) is 6.36 Å². The smallest absolute Gasteiger partial charge is 0.440 e. The minimum absolute atomic E-state index is 0.247. The Morgan fingerprint density at radius 3 is 2.41 bits per heavy atom. The van der Waals surface area contributed by atoms with Gasteiger partial charge in [-0.1, -0.05) is 0 Å². The summed E-state index contributed by atoms with van der Waals surface area (Å²) in [6.45, 7) is -1.14. The van der Waals surface area contributed by atoms with Gasteiger partial charge in [-0.05, 0) is 0 Å². The summed E-state index contributed by atoms with van der Waals surface area (Å²) in [6.07, 6.45) is -9.86. The number of halogens is 5. The summed E-state index contributed by atoms with van der Waals surface area (Å²) in [4.78, 5) is 9.66. The van der Waals surface area contributed by atoms with Crippen molar-refractivity contribution in [1.82, 2.24) is 0 Å². The second-order valence-electron chi connectivity index (χ2n) is 2.87. The third-order valence-electron chi connectivity index (χ3n) is 1.57. The van der Waals surface area contributed by atoms with Crippen molar-refractivity contribution in [3.05, 3.63) is 0 Å². The first-order valence-electron chi connectivity index (χ1n) is 4.30. The van der Waals surface area contributed by atoms with Crippen LogP contribution < -0.4 is 0 Å². The molecule has 1 aliphatic rings. The van der Waals surface area contributed by atoms with Gasteiger partial charge in [-0.3, -0.25) is 4.74 Å². The Labute approximate surface area is 91.4 Å². The van der Waals surface area contributed by atoms with Gasteiger partial charge < -0.3 is 9.47 Å². The molecule has 0 saturated carbocycles. The van der Waals surface area contributed by atoms with Gasteiger partial charge in [0, 0.05) is 6.42 Å². The van der Waals surface area contributed by atoms with E-state index in [1.807, 2.05) is 0 Å². The van der Waals surface area contributed by atoms with Gasteiger partial charge >= 0.3 is 18.6 Å². The lowest BCUT2D eigenvalue weighted by molar-refractivity contribution is -0.408. The number of hydrogen-bond acceptors (Lipinski definition) is 5. The van der Waals surface area contributed by atoms with Crippen LogP contribution in [0.1, 0.15) is 6.42 Å². The molecule has 0 aromatic rings. The molecule has 0 N–H and O–H groups in total. The average molecular weight is 266 g/mol. The number of rotatable bonds is 5. The van der Waals surface area contributed by atoms with Gasteiger partial charge in [0.15, 0.2) is 0 Å². The quantitative estimate of drug-likeness (QED) is 0.433. The lowest BCUT2D eigenvalue weighted by Gasteiger charge is -2.18. The maximum Gasteiger partial charge on any atom is 0.495 e. The molecule has 100 valence electrons. The van der Waals surface area contributed by atoms with E-state index < -0.39 is 38.1 Å². The number of ether oxygens (including phenoxy) is 4. The van der Waals surface area contributed by atoms with Gasteiger partial charge in [-0.25, -0.2) is 13.9 Å². The van der Waals surface area contributed by atoms with Gasteiger partial charge in [-0.15, -0.1) is 13.2 Å².